The lowest BCUT2D eigenvalue weighted by atomic mass is 10.1. The molecule has 2 aromatic rings. The largest absolute Gasteiger partial charge is 0.351 e. The van der Waals surface area contributed by atoms with E-state index in [0.717, 1.165) is 17.2 Å². The molecule has 0 saturated heterocycles. The molecule has 2 rings (SSSR count). The van der Waals surface area contributed by atoms with E-state index in [9.17, 15) is 17.2 Å². The number of aryl methyl sites for hydroxylation is 2. The Morgan fingerprint density at radius 1 is 0.962 bits per heavy atom. The van der Waals surface area contributed by atoms with Gasteiger partial charge in [-0.25, -0.2) is 17.2 Å². The Balaban J connectivity index is 0.00000163. The van der Waals surface area contributed by atoms with Crippen LogP contribution < -0.4 is 10.0 Å². The van der Waals surface area contributed by atoms with Gasteiger partial charge in [-0.15, -0.1) is 0 Å². The second kappa shape index (κ2) is 8.98. The molecule has 0 spiro atoms. The van der Waals surface area contributed by atoms with Crippen LogP contribution in [0.3, 0.4) is 0 Å². The van der Waals surface area contributed by atoms with E-state index < -0.39 is 26.9 Å². The lowest BCUT2D eigenvalue weighted by Gasteiger charge is -2.18. The first-order valence-corrected chi connectivity index (χ1v) is 10.0. The fourth-order valence-corrected chi connectivity index (χ4v) is 2.83. The fourth-order valence-electron chi connectivity index (χ4n) is 2.12. The van der Waals surface area contributed by atoms with Gasteiger partial charge in [-0.1, -0.05) is 31.5 Å². The average Bonchev–Trinajstić information content (AvgIpc) is 2.58. The standard InChI is InChI=1S/C17H20F2N2O2S.C2H6/c1-10(2)24(22,23)21-15-8-6-13(18)16(19)17(15)20-14-7-5-11(3)9-12(14)4;1-2/h5-10,20-21H,1-4H3;1-2H3. The van der Waals surface area contributed by atoms with Gasteiger partial charge in [0.15, 0.2) is 11.6 Å². The molecule has 144 valence electrons. The highest BCUT2D eigenvalue weighted by molar-refractivity contribution is 7.93. The number of anilines is 3. The molecule has 0 radical (unpaired) electrons. The van der Waals surface area contributed by atoms with Crippen LogP contribution in [0.2, 0.25) is 0 Å². The molecule has 0 heterocycles. The van der Waals surface area contributed by atoms with Crippen molar-refractivity contribution < 1.29 is 17.2 Å². The van der Waals surface area contributed by atoms with Gasteiger partial charge < -0.3 is 5.32 Å². The molecule has 0 fully saturated rings. The third-order valence-corrected chi connectivity index (χ3v) is 5.35. The van der Waals surface area contributed by atoms with E-state index in [4.69, 9.17) is 0 Å². The first-order valence-electron chi connectivity index (χ1n) is 8.45. The van der Waals surface area contributed by atoms with Crippen molar-refractivity contribution in [1.29, 1.82) is 0 Å². The van der Waals surface area contributed by atoms with Crippen LogP contribution in [0.5, 0.6) is 0 Å². The van der Waals surface area contributed by atoms with Crippen molar-refractivity contribution in [1.82, 2.24) is 0 Å². The van der Waals surface area contributed by atoms with Crippen LogP contribution in [0.25, 0.3) is 0 Å². The number of nitrogens with one attached hydrogen (secondary N) is 2. The van der Waals surface area contributed by atoms with Crippen LogP contribution in [0.4, 0.5) is 25.8 Å². The molecule has 0 amide bonds. The van der Waals surface area contributed by atoms with Gasteiger partial charge in [0, 0.05) is 5.69 Å². The van der Waals surface area contributed by atoms with Gasteiger partial charge >= 0.3 is 0 Å². The summed E-state index contributed by atoms with van der Waals surface area (Å²) in [5, 5.41) is 2.09. The van der Waals surface area contributed by atoms with E-state index in [0.29, 0.717) is 5.69 Å². The minimum atomic E-state index is -3.69. The van der Waals surface area contributed by atoms with E-state index in [2.05, 4.69) is 10.0 Å². The number of halogens is 2. The quantitative estimate of drug-likeness (QED) is 0.715. The van der Waals surface area contributed by atoms with Gasteiger partial charge in [0.2, 0.25) is 10.0 Å². The summed E-state index contributed by atoms with van der Waals surface area (Å²) < 4.78 is 54.3. The number of hydrogen-bond acceptors (Lipinski definition) is 3. The van der Waals surface area contributed by atoms with Crippen LogP contribution in [-0.2, 0) is 10.0 Å². The van der Waals surface area contributed by atoms with Crippen LogP contribution in [0, 0.1) is 25.5 Å². The first kappa shape index (κ1) is 21.9. The maximum atomic E-state index is 14.3. The van der Waals surface area contributed by atoms with Crippen LogP contribution in [0.15, 0.2) is 30.3 Å². The van der Waals surface area contributed by atoms with Crippen molar-refractivity contribution in [3.8, 4) is 0 Å². The highest BCUT2D eigenvalue weighted by atomic mass is 32.2. The SMILES string of the molecule is CC.Cc1ccc(Nc2c(NS(=O)(=O)C(C)C)ccc(F)c2F)c(C)c1. The van der Waals surface area contributed by atoms with E-state index >= 15 is 0 Å². The predicted molar refractivity (Wildman–Crippen MR) is 105 cm³/mol. The van der Waals surface area contributed by atoms with Crippen molar-refractivity contribution in [2.45, 2.75) is 46.8 Å². The van der Waals surface area contributed by atoms with Gasteiger partial charge in [-0.3, -0.25) is 4.72 Å². The molecule has 0 aliphatic heterocycles. The molecule has 0 saturated carbocycles. The molecule has 0 aliphatic rings. The number of rotatable bonds is 5. The maximum Gasteiger partial charge on any atom is 0.235 e. The maximum absolute atomic E-state index is 14.3. The van der Waals surface area contributed by atoms with E-state index in [1.165, 1.54) is 19.9 Å². The summed E-state index contributed by atoms with van der Waals surface area (Å²) in [7, 11) is -3.69. The highest BCUT2D eigenvalue weighted by Gasteiger charge is 2.21. The molecule has 4 nitrogen and oxygen atoms in total. The summed E-state index contributed by atoms with van der Waals surface area (Å²) >= 11 is 0. The van der Waals surface area contributed by atoms with E-state index in [-0.39, 0.29) is 11.4 Å². The van der Waals surface area contributed by atoms with Gasteiger partial charge in [-0.2, -0.15) is 0 Å². The molecule has 0 aliphatic carbocycles. The van der Waals surface area contributed by atoms with Crippen LogP contribution >= 0.6 is 0 Å². The second-order valence-electron chi connectivity index (χ2n) is 5.92. The van der Waals surface area contributed by atoms with Crippen LogP contribution in [0.1, 0.15) is 38.8 Å². The van der Waals surface area contributed by atoms with Gasteiger partial charge in [0.05, 0.1) is 10.9 Å². The third kappa shape index (κ3) is 5.17. The fraction of sp³-hybridized carbons (Fsp3) is 0.368. The monoisotopic (exact) mass is 384 g/mol. The summed E-state index contributed by atoms with van der Waals surface area (Å²) in [5.74, 6) is -2.20. The Bertz CT molecular complexity index is 866. The molecule has 0 aromatic heterocycles. The Morgan fingerprint density at radius 2 is 1.54 bits per heavy atom. The zero-order valence-electron chi connectivity index (χ0n) is 15.9. The minimum Gasteiger partial charge on any atom is -0.351 e. The normalized spacial score (nSPS) is 11.0. The Kier molecular flexibility index (Phi) is 7.56. The Morgan fingerprint density at radius 3 is 2.08 bits per heavy atom. The summed E-state index contributed by atoms with van der Waals surface area (Å²) in [4.78, 5) is 0. The number of hydrogen-bond donors (Lipinski definition) is 2. The lowest BCUT2D eigenvalue weighted by molar-refractivity contribution is 0.512. The van der Waals surface area contributed by atoms with E-state index in [1.54, 1.807) is 6.07 Å². The van der Waals surface area contributed by atoms with Crippen molar-refractivity contribution >= 4 is 27.1 Å². The summed E-state index contributed by atoms with van der Waals surface area (Å²) in [5.41, 5.74) is 2.14. The first-order chi connectivity index (χ1) is 12.1. The molecule has 2 N–H and O–H groups in total. The third-order valence-electron chi connectivity index (χ3n) is 3.61. The molecule has 2 aromatic carbocycles. The average molecular weight is 384 g/mol. The summed E-state index contributed by atoms with van der Waals surface area (Å²) in [6.07, 6.45) is 0. The van der Waals surface area contributed by atoms with E-state index in [1.807, 2.05) is 39.8 Å². The summed E-state index contributed by atoms with van der Waals surface area (Å²) in [6, 6.07) is 7.53. The molecule has 0 unspecified atom stereocenters. The number of benzene rings is 2. The molecule has 26 heavy (non-hydrogen) atoms. The van der Waals surface area contributed by atoms with Crippen molar-refractivity contribution in [2.75, 3.05) is 10.0 Å². The van der Waals surface area contributed by atoms with Crippen molar-refractivity contribution in [3.63, 3.8) is 0 Å². The topological polar surface area (TPSA) is 58.2 Å². The molecule has 7 heteroatoms. The van der Waals surface area contributed by atoms with Gasteiger partial charge in [-0.05, 0) is 51.5 Å². The molecular weight excluding hydrogens is 358 g/mol. The Hall–Kier alpha value is -2.15. The predicted octanol–water partition coefficient (Wildman–Crippen LogP) is 5.50. The Labute approximate surface area is 154 Å². The van der Waals surface area contributed by atoms with Crippen molar-refractivity contribution in [2.24, 2.45) is 0 Å². The summed E-state index contributed by atoms with van der Waals surface area (Å²) in [6.45, 7) is 10.7. The van der Waals surface area contributed by atoms with Gasteiger partial charge in [0.25, 0.3) is 0 Å². The highest BCUT2D eigenvalue weighted by Crippen LogP contribution is 2.32. The van der Waals surface area contributed by atoms with Gasteiger partial charge in [0.1, 0.15) is 5.69 Å². The number of sulfonamides is 1. The van der Waals surface area contributed by atoms with Crippen molar-refractivity contribution in [3.05, 3.63) is 53.1 Å². The molecule has 0 bridgehead atoms. The lowest BCUT2D eigenvalue weighted by Crippen LogP contribution is -2.23. The minimum absolute atomic E-state index is 0.0393. The second-order valence-corrected chi connectivity index (χ2v) is 8.16. The zero-order chi connectivity index (χ0) is 20.1. The van der Waals surface area contributed by atoms with Crippen LogP contribution in [-0.4, -0.2) is 13.7 Å². The molecule has 0 atom stereocenters. The molecular formula is C19H26F2N2O2S. The zero-order valence-corrected chi connectivity index (χ0v) is 16.8. The smallest absolute Gasteiger partial charge is 0.235 e.